The van der Waals surface area contributed by atoms with Crippen LogP contribution in [0.4, 0.5) is 18.9 Å². The zero-order valence-electron chi connectivity index (χ0n) is 14.9. The molecule has 0 aliphatic heterocycles. The standard InChI is InChI=1S/C19H19ClF3N3O2/c1-12(27)24-9-10-25-17(13-5-3-2-4-6-13)18(28)26-14-7-8-16(20)15(11-14)19(21,22)23/h2-8,11,17,25H,9-10H2,1H3,(H,24,27)(H,26,28)/t17-/m0/s1. The highest BCUT2D eigenvalue weighted by atomic mass is 35.5. The average molecular weight is 414 g/mol. The van der Waals surface area contributed by atoms with E-state index in [1.807, 2.05) is 0 Å². The van der Waals surface area contributed by atoms with E-state index in [1.54, 1.807) is 30.3 Å². The van der Waals surface area contributed by atoms with Crippen molar-refractivity contribution >= 4 is 29.1 Å². The second kappa shape index (κ2) is 9.57. The SMILES string of the molecule is CC(=O)NCCN[C@H](C(=O)Nc1ccc(Cl)c(C(F)(F)F)c1)c1ccccc1. The summed E-state index contributed by atoms with van der Waals surface area (Å²) in [5.74, 6) is -0.743. The van der Waals surface area contributed by atoms with Gasteiger partial charge in [0.15, 0.2) is 0 Å². The second-order valence-corrected chi connectivity index (χ2v) is 6.37. The minimum Gasteiger partial charge on any atom is -0.355 e. The molecule has 9 heteroatoms. The van der Waals surface area contributed by atoms with E-state index in [1.165, 1.54) is 13.0 Å². The largest absolute Gasteiger partial charge is 0.417 e. The van der Waals surface area contributed by atoms with E-state index >= 15 is 0 Å². The number of anilines is 1. The summed E-state index contributed by atoms with van der Waals surface area (Å²) in [6.45, 7) is 1.96. The molecule has 0 aliphatic rings. The number of rotatable bonds is 7. The molecule has 0 saturated heterocycles. The number of hydrogen-bond donors (Lipinski definition) is 3. The van der Waals surface area contributed by atoms with Crippen LogP contribution in [-0.2, 0) is 15.8 Å². The van der Waals surface area contributed by atoms with E-state index in [2.05, 4.69) is 16.0 Å². The zero-order valence-corrected chi connectivity index (χ0v) is 15.7. The fourth-order valence-electron chi connectivity index (χ4n) is 2.50. The monoisotopic (exact) mass is 413 g/mol. The van der Waals surface area contributed by atoms with Crippen LogP contribution in [0.2, 0.25) is 5.02 Å². The first-order valence-corrected chi connectivity index (χ1v) is 8.76. The number of carbonyl (C=O) groups is 2. The maximum atomic E-state index is 13.0. The van der Waals surface area contributed by atoms with Gasteiger partial charge in [-0.15, -0.1) is 0 Å². The van der Waals surface area contributed by atoms with E-state index in [0.717, 1.165) is 12.1 Å². The highest BCUT2D eigenvalue weighted by Crippen LogP contribution is 2.36. The van der Waals surface area contributed by atoms with Gasteiger partial charge >= 0.3 is 6.18 Å². The Labute approximate surface area is 165 Å². The molecule has 0 aromatic heterocycles. The van der Waals surface area contributed by atoms with Gasteiger partial charge in [-0.1, -0.05) is 41.9 Å². The van der Waals surface area contributed by atoms with Crippen LogP contribution in [0.15, 0.2) is 48.5 Å². The van der Waals surface area contributed by atoms with Crippen LogP contribution >= 0.6 is 11.6 Å². The molecule has 0 fully saturated rings. The maximum Gasteiger partial charge on any atom is 0.417 e. The van der Waals surface area contributed by atoms with Gasteiger partial charge < -0.3 is 16.0 Å². The molecule has 5 nitrogen and oxygen atoms in total. The zero-order chi connectivity index (χ0) is 20.7. The first-order valence-electron chi connectivity index (χ1n) is 8.39. The lowest BCUT2D eigenvalue weighted by Crippen LogP contribution is -2.37. The molecular formula is C19H19ClF3N3O2. The van der Waals surface area contributed by atoms with Crippen molar-refractivity contribution in [1.29, 1.82) is 0 Å². The number of alkyl halides is 3. The van der Waals surface area contributed by atoms with Crippen molar-refractivity contribution in [3.63, 3.8) is 0 Å². The van der Waals surface area contributed by atoms with Gasteiger partial charge in [0.2, 0.25) is 11.8 Å². The van der Waals surface area contributed by atoms with Crippen molar-refractivity contribution < 1.29 is 22.8 Å². The summed E-state index contributed by atoms with van der Waals surface area (Å²) < 4.78 is 39.0. The third-order valence-electron chi connectivity index (χ3n) is 3.78. The molecule has 0 bridgehead atoms. The van der Waals surface area contributed by atoms with Gasteiger partial charge in [0.25, 0.3) is 0 Å². The van der Waals surface area contributed by atoms with E-state index in [4.69, 9.17) is 11.6 Å². The molecule has 2 aromatic carbocycles. The third-order valence-corrected chi connectivity index (χ3v) is 4.11. The molecule has 0 unspecified atom stereocenters. The molecule has 150 valence electrons. The van der Waals surface area contributed by atoms with Crippen LogP contribution in [-0.4, -0.2) is 24.9 Å². The summed E-state index contributed by atoms with van der Waals surface area (Å²) in [5.41, 5.74) is -0.416. The number of hydrogen-bond acceptors (Lipinski definition) is 3. The number of benzene rings is 2. The normalized spacial score (nSPS) is 12.3. The van der Waals surface area contributed by atoms with Crippen molar-refractivity contribution in [2.75, 3.05) is 18.4 Å². The van der Waals surface area contributed by atoms with Crippen molar-refractivity contribution in [2.24, 2.45) is 0 Å². The van der Waals surface area contributed by atoms with Gasteiger partial charge in [0.1, 0.15) is 6.04 Å². The Morgan fingerprint density at radius 1 is 1.07 bits per heavy atom. The predicted octanol–water partition coefficient (Wildman–Crippen LogP) is 3.76. The minimum atomic E-state index is -4.63. The first kappa shape index (κ1) is 21.7. The summed E-state index contributed by atoms with van der Waals surface area (Å²) in [6, 6.07) is 11.1. The molecule has 0 spiro atoms. The van der Waals surface area contributed by atoms with Gasteiger partial charge in [0, 0.05) is 25.7 Å². The smallest absolute Gasteiger partial charge is 0.355 e. The van der Waals surface area contributed by atoms with Gasteiger partial charge in [-0.2, -0.15) is 13.2 Å². The summed E-state index contributed by atoms with van der Waals surface area (Å²) >= 11 is 5.61. The summed E-state index contributed by atoms with van der Waals surface area (Å²) in [6.07, 6.45) is -4.63. The van der Waals surface area contributed by atoms with Crippen LogP contribution in [0.5, 0.6) is 0 Å². The molecule has 0 saturated carbocycles. The quantitative estimate of drug-likeness (QED) is 0.605. The molecule has 0 radical (unpaired) electrons. The lowest BCUT2D eigenvalue weighted by atomic mass is 10.1. The van der Waals surface area contributed by atoms with Crippen molar-refractivity contribution in [3.8, 4) is 0 Å². The minimum absolute atomic E-state index is 0.0219. The van der Waals surface area contributed by atoms with Gasteiger partial charge in [-0.25, -0.2) is 0 Å². The van der Waals surface area contributed by atoms with Crippen molar-refractivity contribution in [3.05, 3.63) is 64.7 Å². The predicted molar refractivity (Wildman–Crippen MR) is 101 cm³/mol. The lowest BCUT2D eigenvalue weighted by Gasteiger charge is -2.20. The van der Waals surface area contributed by atoms with Crippen LogP contribution in [0.3, 0.4) is 0 Å². The summed E-state index contributed by atoms with van der Waals surface area (Å²) in [5, 5.41) is 7.63. The van der Waals surface area contributed by atoms with Gasteiger partial charge in [0.05, 0.1) is 10.6 Å². The molecule has 0 aliphatic carbocycles. The average Bonchev–Trinajstić information content (AvgIpc) is 2.62. The molecule has 0 heterocycles. The fraction of sp³-hybridized carbons (Fsp3) is 0.263. The highest BCUT2D eigenvalue weighted by Gasteiger charge is 2.33. The Kier molecular flexibility index (Phi) is 7.42. The molecule has 2 rings (SSSR count). The molecule has 1 atom stereocenters. The maximum absolute atomic E-state index is 13.0. The summed E-state index contributed by atoms with van der Waals surface area (Å²) in [4.78, 5) is 23.7. The van der Waals surface area contributed by atoms with Gasteiger partial charge in [-0.3, -0.25) is 9.59 Å². The van der Waals surface area contributed by atoms with Crippen molar-refractivity contribution in [1.82, 2.24) is 10.6 Å². The number of amides is 2. The van der Waals surface area contributed by atoms with Crippen LogP contribution < -0.4 is 16.0 Å². The Hall–Kier alpha value is -2.58. The van der Waals surface area contributed by atoms with Crippen LogP contribution in [0.25, 0.3) is 0 Å². The number of halogens is 4. The number of carbonyl (C=O) groups excluding carboxylic acids is 2. The van der Waals surface area contributed by atoms with E-state index < -0.39 is 28.7 Å². The topological polar surface area (TPSA) is 70.2 Å². The van der Waals surface area contributed by atoms with E-state index in [9.17, 15) is 22.8 Å². The molecule has 28 heavy (non-hydrogen) atoms. The molecule has 2 amide bonds. The Balaban J connectivity index is 2.17. The first-order chi connectivity index (χ1) is 13.2. The molecule has 2 aromatic rings. The van der Waals surface area contributed by atoms with E-state index in [0.29, 0.717) is 18.7 Å². The van der Waals surface area contributed by atoms with Gasteiger partial charge in [-0.05, 0) is 23.8 Å². The highest BCUT2D eigenvalue weighted by molar-refractivity contribution is 6.31. The Morgan fingerprint density at radius 3 is 2.36 bits per heavy atom. The number of nitrogens with one attached hydrogen (secondary N) is 3. The lowest BCUT2D eigenvalue weighted by molar-refractivity contribution is -0.137. The van der Waals surface area contributed by atoms with Crippen LogP contribution in [0, 0.1) is 0 Å². The van der Waals surface area contributed by atoms with Crippen molar-refractivity contribution in [2.45, 2.75) is 19.1 Å². The molecular weight excluding hydrogens is 395 g/mol. The second-order valence-electron chi connectivity index (χ2n) is 5.96. The third kappa shape index (κ3) is 6.24. The fourth-order valence-corrected chi connectivity index (χ4v) is 2.72. The Morgan fingerprint density at radius 2 is 1.75 bits per heavy atom. The Bertz CT molecular complexity index is 829. The van der Waals surface area contributed by atoms with Crippen LogP contribution in [0.1, 0.15) is 24.1 Å². The molecule has 3 N–H and O–H groups in total. The summed E-state index contributed by atoms with van der Waals surface area (Å²) in [7, 11) is 0. The van der Waals surface area contributed by atoms with E-state index in [-0.39, 0.29) is 11.6 Å².